The molecule has 0 aromatic rings. The second kappa shape index (κ2) is 8.92. The van der Waals surface area contributed by atoms with Gasteiger partial charge in [0.1, 0.15) is 0 Å². The van der Waals surface area contributed by atoms with E-state index in [2.05, 4.69) is 37.5 Å². The van der Waals surface area contributed by atoms with E-state index in [4.69, 9.17) is 0 Å². The van der Waals surface area contributed by atoms with Gasteiger partial charge in [0.2, 0.25) is 0 Å². The van der Waals surface area contributed by atoms with Crippen molar-refractivity contribution in [3.63, 3.8) is 0 Å². The average Bonchev–Trinajstić information content (AvgIpc) is 2.44. The van der Waals surface area contributed by atoms with Crippen molar-refractivity contribution in [3.8, 4) is 0 Å². The summed E-state index contributed by atoms with van der Waals surface area (Å²) < 4.78 is 0. The molecule has 1 aliphatic carbocycles. The Balaban J connectivity index is 2.32. The van der Waals surface area contributed by atoms with E-state index in [-0.39, 0.29) is 0 Å². The summed E-state index contributed by atoms with van der Waals surface area (Å²) in [5, 5.41) is 0. The van der Waals surface area contributed by atoms with E-state index >= 15 is 0 Å². The van der Waals surface area contributed by atoms with Gasteiger partial charge < -0.3 is 4.90 Å². The van der Waals surface area contributed by atoms with Crippen molar-refractivity contribution >= 4 is 0 Å². The molecule has 1 fully saturated rings. The fourth-order valence-electron chi connectivity index (χ4n) is 3.33. The van der Waals surface area contributed by atoms with Crippen molar-refractivity contribution in [1.29, 1.82) is 0 Å². The van der Waals surface area contributed by atoms with E-state index in [1.54, 1.807) is 0 Å². The van der Waals surface area contributed by atoms with Crippen LogP contribution in [0, 0.1) is 5.92 Å². The predicted molar refractivity (Wildman–Crippen MR) is 81.1 cm³/mol. The van der Waals surface area contributed by atoms with E-state index in [1.807, 2.05) is 0 Å². The molecule has 0 atom stereocenters. The Morgan fingerprint density at radius 2 is 1.39 bits per heavy atom. The van der Waals surface area contributed by atoms with E-state index in [0.29, 0.717) is 0 Å². The first-order chi connectivity index (χ1) is 8.74. The van der Waals surface area contributed by atoms with Gasteiger partial charge in [0.15, 0.2) is 0 Å². The topological polar surface area (TPSA) is 6.48 Å². The maximum atomic E-state index is 2.73. The summed E-state index contributed by atoms with van der Waals surface area (Å²) in [6.07, 6.45) is 7.18. The molecular formula is C16H34N2. The monoisotopic (exact) mass is 254 g/mol. The Hall–Kier alpha value is -0.0800. The van der Waals surface area contributed by atoms with Crippen LogP contribution in [-0.2, 0) is 0 Å². The fraction of sp³-hybridized carbons (Fsp3) is 1.00. The van der Waals surface area contributed by atoms with Crippen LogP contribution in [0.25, 0.3) is 0 Å². The molecule has 0 N–H and O–H groups in total. The van der Waals surface area contributed by atoms with Crippen LogP contribution in [0.15, 0.2) is 0 Å². The lowest BCUT2D eigenvalue weighted by molar-refractivity contribution is 0.125. The summed E-state index contributed by atoms with van der Waals surface area (Å²) >= 11 is 0. The number of rotatable bonds is 8. The summed E-state index contributed by atoms with van der Waals surface area (Å²) in [5.41, 5.74) is 0. The van der Waals surface area contributed by atoms with E-state index in [9.17, 15) is 0 Å². The Morgan fingerprint density at radius 3 is 1.83 bits per heavy atom. The lowest BCUT2D eigenvalue weighted by atomic mass is 9.84. The molecule has 1 rings (SSSR count). The highest BCUT2D eigenvalue weighted by molar-refractivity contribution is 4.79. The van der Waals surface area contributed by atoms with Gasteiger partial charge in [-0.15, -0.1) is 0 Å². The summed E-state index contributed by atoms with van der Waals surface area (Å²) in [6.45, 7) is 15.3. The Labute approximate surface area is 115 Å². The molecule has 0 bridgehead atoms. The molecule has 0 aromatic heterocycles. The predicted octanol–water partition coefficient (Wildman–Crippen LogP) is 3.62. The van der Waals surface area contributed by atoms with Crippen LogP contribution in [0.2, 0.25) is 0 Å². The first-order valence-electron chi connectivity index (χ1n) is 8.21. The van der Waals surface area contributed by atoms with Gasteiger partial charge in [0.25, 0.3) is 0 Å². The minimum absolute atomic E-state index is 0.869. The van der Waals surface area contributed by atoms with Crippen molar-refractivity contribution in [1.82, 2.24) is 9.80 Å². The average molecular weight is 254 g/mol. The van der Waals surface area contributed by atoms with E-state index in [0.717, 1.165) is 12.0 Å². The molecule has 2 nitrogen and oxygen atoms in total. The Kier molecular flexibility index (Phi) is 7.92. The van der Waals surface area contributed by atoms with Crippen molar-refractivity contribution in [3.05, 3.63) is 0 Å². The lowest BCUT2D eigenvalue weighted by Crippen LogP contribution is -2.42. The standard InChI is InChI=1S/C16H34N2/c1-5-15-9-11-16(12-10-15)18(8-4)14-13-17(6-2)7-3/h15-16H,5-14H2,1-4H3. The molecule has 108 valence electrons. The van der Waals surface area contributed by atoms with E-state index < -0.39 is 0 Å². The molecule has 0 aliphatic heterocycles. The lowest BCUT2D eigenvalue weighted by Gasteiger charge is -2.37. The second-order valence-corrected chi connectivity index (χ2v) is 5.74. The number of nitrogens with zero attached hydrogens (tertiary/aromatic N) is 2. The third-order valence-electron chi connectivity index (χ3n) is 4.91. The van der Waals surface area contributed by atoms with Crippen molar-refractivity contribution in [2.75, 3.05) is 32.7 Å². The molecule has 1 aliphatic rings. The molecule has 0 saturated heterocycles. The van der Waals surface area contributed by atoms with Crippen LogP contribution in [0.4, 0.5) is 0 Å². The van der Waals surface area contributed by atoms with Crippen molar-refractivity contribution in [2.45, 2.75) is 65.8 Å². The summed E-state index contributed by atoms with van der Waals surface area (Å²) in [6, 6.07) is 0.869. The van der Waals surface area contributed by atoms with Crippen LogP contribution < -0.4 is 0 Å². The Bertz CT molecular complexity index is 193. The fourth-order valence-corrected chi connectivity index (χ4v) is 3.33. The second-order valence-electron chi connectivity index (χ2n) is 5.74. The molecule has 0 heterocycles. The highest BCUT2D eigenvalue weighted by atomic mass is 15.2. The number of hydrogen-bond acceptors (Lipinski definition) is 2. The molecule has 2 heteroatoms. The molecule has 0 radical (unpaired) electrons. The maximum absolute atomic E-state index is 2.73. The van der Waals surface area contributed by atoms with E-state index in [1.165, 1.54) is 64.8 Å². The van der Waals surface area contributed by atoms with Gasteiger partial charge in [-0.2, -0.15) is 0 Å². The van der Waals surface area contributed by atoms with Gasteiger partial charge in [-0.1, -0.05) is 34.1 Å². The minimum atomic E-state index is 0.869. The summed E-state index contributed by atoms with van der Waals surface area (Å²) in [4.78, 5) is 5.27. The van der Waals surface area contributed by atoms with Gasteiger partial charge in [0, 0.05) is 19.1 Å². The first kappa shape index (κ1) is 16.0. The third kappa shape index (κ3) is 4.89. The smallest absolute Gasteiger partial charge is 0.0112 e. The van der Waals surface area contributed by atoms with Crippen LogP contribution in [0.1, 0.15) is 59.8 Å². The molecule has 0 unspecified atom stereocenters. The maximum Gasteiger partial charge on any atom is 0.0112 e. The summed E-state index contributed by atoms with van der Waals surface area (Å²) in [5.74, 6) is 1.02. The van der Waals surface area contributed by atoms with Gasteiger partial charge in [0.05, 0.1) is 0 Å². The van der Waals surface area contributed by atoms with Crippen LogP contribution in [0.5, 0.6) is 0 Å². The minimum Gasteiger partial charge on any atom is -0.303 e. The van der Waals surface area contributed by atoms with Crippen LogP contribution >= 0.6 is 0 Å². The number of likely N-dealkylation sites (N-methyl/N-ethyl adjacent to an activating group) is 2. The zero-order valence-electron chi connectivity index (χ0n) is 13.1. The molecule has 0 spiro atoms. The zero-order valence-corrected chi connectivity index (χ0v) is 13.1. The third-order valence-corrected chi connectivity index (χ3v) is 4.91. The Morgan fingerprint density at radius 1 is 0.778 bits per heavy atom. The molecular weight excluding hydrogens is 220 g/mol. The van der Waals surface area contributed by atoms with Crippen molar-refractivity contribution in [2.24, 2.45) is 5.92 Å². The van der Waals surface area contributed by atoms with Gasteiger partial charge in [-0.25, -0.2) is 0 Å². The summed E-state index contributed by atoms with van der Waals surface area (Å²) in [7, 11) is 0. The van der Waals surface area contributed by atoms with Gasteiger partial charge in [-0.3, -0.25) is 4.90 Å². The molecule has 1 saturated carbocycles. The van der Waals surface area contributed by atoms with Crippen LogP contribution in [-0.4, -0.2) is 48.6 Å². The quantitative estimate of drug-likeness (QED) is 0.653. The van der Waals surface area contributed by atoms with Gasteiger partial charge in [-0.05, 0) is 51.2 Å². The molecule has 18 heavy (non-hydrogen) atoms. The van der Waals surface area contributed by atoms with Crippen LogP contribution in [0.3, 0.4) is 0 Å². The normalized spacial score (nSPS) is 25.0. The molecule has 0 amide bonds. The van der Waals surface area contributed by atoms with Gasteiger partial charge >= 0.3 is 0 Å². The highest BCUT2D eigenvalue weighted by Gasteiger charge is 2.24. The molecule has 0 aromatic carbocycles. The SMILES string of the molecule is CCC1CCC(N(CC)CCN(CC)CC)CC1. The largest absolute Gasteiger partial charge is 0.303 e. The highest BCUT2D eigenvalue weighted by Crippen LogP contribution is 2.29. The van der Waals surface area contributed by atoms with Crippen molar-refractivity contribution < 1.29 is 0 Å². The number of hydrogen-bond donors (Lipinski definition) is 0. The zero-order chi connectivity index (χ0) is 13.4. The first-order valence-corrected chi connectivity index (χ1v) is 8.21.